The summed E-state index contributed by atoms with van der Waals surface area (Å²) in [6, 6.07) is 17.5. The number of nitrogens with one attached hydrogen (secondary N) is 3. The van der Waals surface area contributed by atoms with Crippen LogP contribution < -0.4 is 27.8 Å². The highest BCUT2D eigenvalue weighted by atomic mass is 35.5. The molecular formula is C35H37ClN10O3S2. The highest BCUT2D eigenvalue weighted by Gasteiger charge is 2.22. The van der Waals surface area contributed by atoms with Crippen LogP contribution in [0.1, 0.15) is 48.6 Å². The van der Waals surface area contributed by atoms with Crippen LogP contribution in [0.3, 0.4) is 0 Å². The quantitative estimate of drug-likeness (QED) is 0.0300. The number of aromatic nitrogens is 2. The molecule has 16 heteroatoms. The highest BCUT2D eigenvalue weighted by Crippen LogP contribution is 2.37. The predicted molar refractivity (Wildman–Crippen MR) is 200 cm³/mol. The molecule has 2 aromatic carbocycles. The van der Waals surface area contributed by atoms with Gasteiger partial charge in [0.1, 0.15) is 39.6 Å². The Morgan fingerprint density at radius 3 is 2.41 bits per heavy atom. The van der Waals surface area contributed by atoms with Gasteiger partial charge in [-0.2, -0.15) is 10.5 Å². The summed E-state index contributed by atoms with van der Waals surface area (Å²) in [4.78, 5) is 33.8. The van der Waals surface area contributed by atoms with Crippen molar-refractivity contribution in [3.05, 3.63) is 81.3 Å². The number of carbonyl (C=O) groups excluding carboxylic acids is 2. The molecule has 0 unspecified atom stereocenters. The normalized spacial score (nSPS) is 11.9. The van der Waals surface area contributed by atoms with Gasteiger partial charge in [0.2, 0.25) is 5.91 Å². The second-order valence-electron chi connectivity index (χ2n) is 11.4. The van der Waals surface area contributed by atoms with Crippen LogP contribution in [0.25, 0.3) is 21.7 Å². The fraction of sp³-hybridized carbons (Fsp3) is 0.286. The van der Waals surface area contributed by atoms with E-state index in [-0.39, 0.29) is 29.5 Å². The first-order chi connectivity index (χ1) is 24.5. The molecule has 13 nitrogen and oxygen atoms in total. The van der Waals surface area contributed by atoms with Gasteiger partial charge in [-0.3, -0.25) is 10.2 Å². The third-order valence-corrected chi connectivity index (χ3v) is 9.77. The number of guanidine groups is 1. The number of nitriles is 2. The lowest BCUT2D eigenvalue weighted by Crippen LogP contribution is -2.47. The number of ether oxygens (including phenoxy) is 1. The van der Waals surface area contributed by atoms with E-state index in [1.54, 1.807) is 0 Å². The van der Waals surface area contributed by atoms with Crippen LogP contribution >= 0.6 is 34.7 Å². The number of nitrogen functional groups attached to an aromatic ring is 1. The molecule has 1 amide bonds. The molecule has 0 radical (unpaired) electrons. The Labute approximate surface area is 309 Å². The van der Waals surface area contributed by atoms with Gasteiger partial charge >= 0.3 is 5.97 Å². The van der Waals surface area contributed by atoms with Crippen LogP contribution in [0, 0.1) is 28.1 Å². The van der Waals surface area contributed by atoms with Crippen molar-refractivity contribution in [1.29, 1.82) is 15.9 Å². The number of hydrogen-bond acceptors (Lipinski definition) is 12. The zero-order chi connectivity index (χ0) is 36.9. The molecule has 0 aliphatic heterocycles. The van der Waals surface area contributed by atoms with Gasteiger partial charge < -0.3 is 32.6 Å². The minimum absolute atomic E-state index is 0.0365. The number of thiazole rings is 1. The predicted octanol–water partition coefficient (Wildman–Crippen LogP) is 4.71. The molecule has 51 heavy (non-hydrogen) atoms. The van der Waals surface area contributed by atoms with E-state index in [1.165, 1.54) is 30.0 Å². The smallest absolute Gasteiger partial charge is 0.328 e. The van der Waals surface area contributed by atoms with Crippen LogP contribution in [-0.4, -0.2) is 53.0 Å². The molecule has 0 aliphatic rings. The minimum Gasteiger partial charge on any atom is -0.464 e. The zero-order valence-electron chi connectivity index (χ0n) is 27.7. The van der Waals surface area contributed by atoms with Crippen molar-refractivity contribution < 1.29 is 14.3 Å². The number of thioether (sulfide) groups is 1. The Morgan fingerprint density at radius 2 is 1.75 bits per heavy atom. The van der Waals surface area contributed by atoms with Crippen LogP contribution in [-0.2, 0) is 26.5 Å². The van der Waals surface area contributed by atoms with Crippen LogP contribution in [0.2, 0.25) is 5.02 Å². The summed E-state index contributed by atoms with van der Waals surface area (Å²) in [6.45, 7) is 2.09. The number of nitrogens with two attached hydrogens (primary N) is 3. The first-order valence-corrected chi connectivity index (χ1v) is 18.1. The lowest BCUT2D eigenvalue weighted by Gasteiger charge is -2.17. The maximum atomic E-state index is 12.4. The van der Waals surface area contributed by atoms with Gasteiger partial charge in [-0.15, -0.1) is 11.3 Å². The van der Waals surface area contributed by atoms with Gasteiger partial charge in [-0.05, 0) is 55.9 Å². The number of hydrogen-bond donors (Lipinski definition) is 6. The third-order valence-electron chi connectivity index (χ3n) is 7.57. The van der Waals surface area contributed by atoms with E-state index < -0.39 is 24.0 Å². The topological polar surface area (TPSA) is 243 Å². The summed E-state index contributed by atoms with van der Waals surface area (Å²) >= 11 is 8.84. The number of aryl methyl sites for hydroxylation is 1. The maximum absolute atomic E-state index is 12.4. The van der Waals surface area contributed by atoms with E-state index in [0.717, 1.165) is 21.8 Å². The Morgan fingerprint density at radius 1 is 1.06 bits per heavy atom. The van der Waals surface area contributed by atoms with Crippen molar-refractivity contribution in [3.63, 3.8) is 0 Å². The number of rotatable bonds is 16. The van der Waals surface area contributed by atoms with Crippen molar-refractivity contribution in [3.8, 4) is 33.8 Å². The molecular weight excluding hydrogens is 708 g/mol. The van der Waals surface area contributed by atoms with Crippen molar-refractivity contribution in [1.82, 2.24) is 20.6 Å². The van der Waals surface area contributed by atoms with E-state index >= 15 is 0 Å². The number of nitrogens with zero attached hydrogens (tertiary/aromatic N) is 4. The van der Waals surface area contributed by atoms with Crippen LogP contribution in [0.4, 0.5) is 5.82 Å². The molecule has 0 spiro atoms. The zero-order valence-corrected chi connectivity index (χ0v) is 30.1. The van der Waals surface area contributed by atoms with E-state index in [0.29, 0.717) is 59.2 Å². The van der Waals surface area contributed by atoms with Crippen molar-refractivity contribution >= 4 is 58.4 Å². The Hall–Kier alpha value is -5.19. The summed E-state index contributed by atoms with van der Waals surface area (Å²) in [7, 11) is 0. The molecule has 9 N–H and O–H groups in total. The molecule has 4 aromatic rings. The molecule has 0 aliphatic carbocycles. The first kappa shape index (κ1) is 38.6. The number of benzene rings is 2. The number of esters is 1. The molecule has 2 aromatic heterocycles. The van der Waals surface area contributed by atoms with E-state index in [1.807, 2.05) is 53.9 Å². The highest BCUT2D eigenvalue weighted by molar-refractivity contribution is 7.98. The van der Waals surface area contributed by atoms with Crippen molar-refractivity contribution in [2.24, 2.45) is 11.5 Å². The molecule has 0 bridgehead atoms. The Kier molecular flexibility index (Phi) is 14.2. The molecule has 0 fully saturated rings. The fourth-order valence-corrected chi connectivity index (χ4v) is 6.84. The Balaban J connectivity index is 1.33. The summed E-state index contributed by atoms with van der Waals surface area (Å²) in [5.41, 5.74) is 21.5. The monoisotopic (exact) mass is 744 g/mol. The molecule has 0 saturated carbocycles. The Bertz CT molecular complexity index is 1940. The largest absolute Gasteiger partial charge is 0.464 e. The molecule has 4 rings (SSSR count). The van der Waals surface area contributed by atoms with Gasteiger partial charge in [0, 0.05) is 33.8 Å². The second kappa shape index (κ2) is 18.7. The van der Waals surface area contributed by atoms with Crippen LogP contribution in [0.5, 0.6) is 0 Å². The van der Waals surface area contributed by atoms with Gasteiger partial charge in [0.15, 0.2) is 5.96 Å². The van der Waals surface area contributed by atoms with Gasteiger partial charge in [0.05, 0.1) is 23.9 Å². The lowest BCUT2D eigenvalue weighted by atomic mass is 9.95. The standard InChI is InChI=1S/C35H37ClN10O3S2/c1-20(44-31(47)28(39)5-2-14-43-35(41)42)34(48)49-15-3-4-21-6-8-22(9-7-21)29-26(16-37)30(40)46-33(27(29)17-38)51-19-25-18-50-32(45-25)23-10-12-24(36)13-11-23/h6-13,18,20,28H,2-5,14-15,19,39H2,1H3,(H2,40,46)(H,44,47)(H4,41,42,43)/t20-,28-/m0/s1. The maximum Gasteiger partial charge on any atom is 0.328 e. The number of amides is 1. The average molecular weight is 745 g/mol. The van der Waals surface area contributed by atoms with Crippen molar-refractivity contribution in [2.75, 3.05) is 18.9 Å². The summed E-state index contributed by atoms with van der Waals surface area (Å²) in [6.07, 6.45) is 2.01. The third kappa shape index (κ3) is 10.9. The SMILES string of the molecule is C[C@H](NC(=O)[C@@H](N)CCCNC(=N)N)C(=O)OCCCc1ccc(-c2c(C#N)c(N)nc(SCc3csc(-c4ccc(Cl)cc4)n3)c2C#N)cc1. The number of carbonyl (C=O) groups is 2. The van der Waals surface area contributed by atoms with Gasteiger partial charge in [-0.1, -0.05) is 59.8 Å². The van der Waals surface area contributed by atoms with Gasteiger partial charge in [-0.25, -0.2) is 14.8 Å². The second-order valence-corrected chi connectivity index (χ2v) is 13.6. The fourth-order valence-electron chi connectivity index (χ4n) is 4.90. The molecule has 2 heterocycles. The molecule has 264 valence electrons. The van der Waals surface area contributed by atoms with E-state index in [9.17, 15) is 20.1 Å². The number of pyridine rings is 1. The van der Waals surface area contributed by atoms with E-state index in [2.05, 4.69) is 27.8 Å². The lowest BCUT2D eigenvalue weighted by molar-refractivity contribution is -0.147. The number of anilines is 1. The van der Waals surface area contributed by atoms with Crippen molar-refractivity contribution in [2.45, 2.75) is 55.5 Å². The average Bonchev–Trinajstić information content (AvgIpc) is 3.60. The summed E-state index contributed by atoms with van der Waals surface area (Å²) in [5, 5.41) is 36.3. The minimum atomic E-state index is -0.869. The molecule has 2 atom stereocenters. The van der Waals surface area contributed by atoms with Gasteiger partial charge in [0.25, 0.3) is 0 Å². The van der Waals surface area contributed by atoms with Crippen LogP contribution in [0.15, 0.2) is 58.9 Å². The molecule has 0 saturated heterocycles. The van der Waals surface area contributed by atoms with E-state index in [4.69, 9.17) is 43.9 Å². The summed E-state index contributed by atoms with van der Waals surface area (Å²) < 4.78 is 5.35. The first-order valence-electron chi connectivity index (χ1n) is 15.9. The summed E-state index contributed by atoms with van der Waals surface area (Å²) in [5.74, 6) is -0.711. The number of halogens is 1.